The van der Waals surface area contributed by atoms with Crippen LogP contribution in [-0.2, 0) is 11.2 Å². The van der Waals surface area contributed by atoms with Gasteiger partial charge in [-0.1, -0.05) is 19.1 Å². The number of hydrogen-bond acceptors (Lipinski definition) is 4. The van der Waals surface area contributed by atoms with Gasteiger partial charge in [0.25, 0.3) is 0 Å². The zero-order valence-electron chi connectivity index (χ0n) is 12.5. The van der Waals surface area contributed by atoms with Crippen molar-refractivity contribution < 1.29 is 9.47 Å². The number of rotatable bonds is 7. The maximum Gasteiger partial charge on any atom is 0.118 e. The van der Waals surface area contributed by atoms with Gasteiger partial charge in [-0.05, 0) is 43.4 Å². The maximum atomic E-state index is 5.77. The number of hydrazine groups is 1. The number of methoxy groups -OCH3 is 1. The summed E-state index contributed by atoms with van der Waals surface area (Å²) in [5.74, 6) is 7.18. The normalized spacial score (nSPS) is 23.8. The molecular formula is C16H26N2O2. The monoisotopic (exact) mass is 278 g/mol. The molecule has 0 spiro atoms. The molecular weight excluding hydrogens is 252 g/mol. The van der Waals surface area contributed by atoms with E-state index in [0.29, 0.717) is 18.1 Å². The van der Waals surface area contributed by atoms with E-state index in [0.717, 1.165) is 38.0 Å². The second-order valence-electron chi connectivity index (χ2n) is 5.43. The molecule has 1 aromatic carbocycles. The van der Waals surface area contributed by atoms with E-state index in [2.05, 4.69) is 24.5 Å². The Balaban J connectivity index is 1.89. The van der Waals surface area contributed by atoms with Crippen molar-refractivity contribution in [3.63, 3.8) is 0 Å². The smallest absolute Gasteiger partial charge is 0.118 e. The average Bonchev–Trinajstić information content (AvgIpc) is 2.97. The molecule has 20 heavy (non-hydrogen) atoms. The van der Waals surface area contributed by atoms with Crippen LogP contribution in [0.1, 0.15) is 31.7 Å². The molecule has 0 radical (unpaired) electrons. The van der Waals surface area contributed by atoms with Gasteiger partial charge >= 0.3 is 0 Å². The standard InChI is InChI=1S/C16H26N2O2/c1-3-16-14(10-11-20-16)15(18-17)9-6-12-4-7-13(19-2)8-5-12/h4-5,7-8,14-16,18H,3,6,9-11,17H2,1-2H3. The second-order valence-corrected chi connectivity index (χ2v) is 5.43. The molecule has 1 aliphatic heterocycles. The summed E-state index contributed by atoms with van der Waals surface area (Å²) >= 11 is 0. The first kappa shape index (κ1) is 15.3. The zero-order chi connectivity index (χ0) is 14.4. The van der Waals surface area contributed by atoms with Crippen LogP contribution in [0.15, 0.2) is 24.3 Å². The van der Waals surface area contributed by atoms with E-state index in [1.165, 1.54) is 5.56 Å². The van der Waals surface area contributed by atoms with Crippen LogP contribution in [0.25, 0.3) is 0 Å². The highest BCUT2D eigenvalue weighted by Gasteiger charge is 2.32. The first-order valence-electron chi connectivity index (χ1n) is 7.49. The Morgan fingerprint density at radius 2 is 2.15 bits per heavy atom. The van der Waals surface area contributed by atoms with Gasteiger partial charge < -0.3 is 9.47 Å². The minimum absolute atomic E-state index is 0.324. The number of nitrogens with two attached hydrogens (primary N) is 1. The highest BCUT2D eigenvalue weighted by Crippen LogP contribution is 2.28. The number of aryl methyl sites for hydroxylation is 1. The predicted octanol–water partition coefficient (Wildman–Crippen LogP) is 2.27. The van der Waals surface area contributed by atoms with Crippen molar-refractivity contribution in [3.8, 4) is 5.75 Å². The van der Waals surface area contributed by atoms with Crippen LogP contribution in [0.2, 0.25) is 0 Å². The van der Waals surface area contributed by atoms with Crippen LogP contribution in [-0.4, -0.2) is 25.9 Å². The second kappa shape index (κ2) is 7.62. The molecule has 3 N–H and O–H groups in total. The van der Waals surface area contributed by atoms with Crippen molar-refractivity contribution in [2.45, 2.75) is 44.8 Å². The fourth-order valence-electron chi connectivity index (χ4n) is 3.08. The lowest BCUT2D eigenvalue weighted by molar-refractivity contribution is 0.0765. The van der Waals surface area contributed by atoms with Gasteiger partial charge in [0.2, 0.25) is 0 Å². The summed E-state index contributed by atoms with van der Waals surface area (Å²) in [5.41, 5.74) is 4.31. The van der Waals surface area contributed by atoms with Crippen molar-refractivity contribution in [2.24, 2.45) is 11.8 Å². The zero-order valence-corrected chi connectivity index (χ0v) is 12.5. The van der Waals surface area contributed by atoms with Crippen molar-refractivity contribution >= 4 is 0 Å². The lowest BCUT2D eigenvalue weighted by Crippen LogP contribution is -2.44. The SMILES string of the molecule is CCC1OCCC1C(CCc1ccc(OC)cc1)NN. The van der Waals surface area contributed by atoms with Gasteiger partial charge in [0.15, 0.2) is 0 Å². The Morgan fingerprint density at radius 3 is 2.75 bits per heavy atom. The van der Waals surface area contributed by atoms with E-state index in [1.54, 1.807) is 7.11 Å². The number of hydrogen-bond donors (Lipinski definition) is 2. The van der Waals surface area contributed by atoms with Crippen molar-refractivity contribution in [1.29, 1.82) is 0 Å². The summed E-state index contributed by atoms with van der Waals surface area (Å²) in [6, 6.07) is 8.58. The first-order valence-corrected chi connectivity index (χ1v) is 7.49. The number of nitrogens with one attached hydrogen (secondary N) is 1. The third-order valence-electron chi connectivity index (χ3n) is 4.30. The maximum absolute atomic E-state index is 5.77. The predicted molar refractivity (Wildman–Crippen MR) is 80.6 cm³/mol. The summed E-state index contributed by atoms with van der Waals surface area (Å²) < 4.78 is 10.9. The third kappa shape index (κ3) is 3.72. The minimum Gasteiger partial charge on any atom is -0.497 e. The van der Waals surface area contributed by atoms with Crippen LogP contribution in [0, 0.1) is 5.92 Å². The molecule has 0 amide bonds. The minimum atomic E-state index is 0.324. The molecule has 1 fully saturated rings. The fourth-order valence-corrected chi connectivity index (χ4v) is 3.08. The quantitative estimate of drug-likeness (QED) is 0.593. The van der Waals surface area contributed by atoms with Crippen molar-refractivity contribution in [2.75, 3.05) is 13.7 Å². The molecule has 1 heterocycles. The molecule has 0 bridgehead atoms. The molecule has 4 nitrogen and oxygen atoms in total. The summed E-state index contributed by atoms with van der Waals surface area (Å²) in [5, 5.41) is 0. The summed E-state index contributed by atoms with van der Waals surface area (Å²) in [6.45, 7) is 3.05. The third-order valence-corrected chi connectivity index (χ3v) is 4.30. The summed E-state index contributed by atoms with van der Waals surface area (Å²) in [7, 11) is 1.69. The fraction of sp³-hybridized carbons (Fsp3) is 0.625. The molecule has 1 saturated heterocycles. The Bertz CT molecular complexity index is 394. The molecule has 3 unspecified atom stereocenters. The van der Waals surface area contributed by atoms with Gasteiger partial charge in [-0.3, -0.25) is 11.3 Å². The molecule has 4 heteroatoms. The van der Waals surface area contributed by atoms with Crippen LogP contribution >= 0.6 is 0 Å². The summed E-state index contributed by atoms with van der Waals surface area (Å²) in [6.07, 6.45) is 4.58. The lowest BCUT2D eigenvalue weighted by atomic mass is 9.88. The first-order chi connectivity index (χ1) is 9.78. The molecule has 112 valence electrons. The van der Waals surface area contributed by atoms with Gasteiger partial charge in [0, 0.05) is 18.6 Å². The molecule has 1 aromatic rings. The van der Waals surface area contributed by atoms with Crippen molar-refractivity contribution in [1.82, 2.24) is 5.43 Å². The Labute approximate surface area is 121 Å². The topological polar surface area (TPSA) is 56.5 Å². The highest BCUT2D eigenvalue weighted by atomic mass is 16.5. The van der Waals surface area contributed by atoms with Crippen LogP contribution < -0.4 is 16.0 Å². The largest absolute Gasteiger partial charge is 0.497 e. The van der Waals surface area contributed by atoms with Crippen LogP contribution in [0.5, 0.6) is 5.75 Å². The Morgan fingerprint density at radius 1 is 1.40 bits per heavy atom. The lowest BCUT2D eigenvalue weighted by Gasteiger charge is -2.26. The van der Waals surface area contributed by atoms with E-state index in [9.17, 15) is 0 Å². The Kier molecular flexibility index (Phi) is 5.83. The number of benzene rings is 1. The van der Waals surface area contributed by atoms with Gasteiger partial charge in [-0.15, -0.1) is 0 Å². The van der Waals surface area contributed by atoms with Gasteiger partial charge in [-0.25, -0.2) is 0 Å². The van der Waals surface area contributed by atoms with E-state index in [1.807, 2.05) is 12.1 Å². The molecule has 2 rings (SSSR count). The van der Waals surface area contributed by atoms with E-state index in [-0.39, 0.29) is 0 Å². The van der Waals surface area contributed by atoms with E-state index < -0.39 is 0 Å². The summed E-state index contributed by atoms with van der Waals surface area (Å²) in [4.78, 5) is 0. The van der Waals surface area contributed by atoms with Crippen LogP contribution in [0.3, 0.4) is 0 Å². The van der Waals surface area contributed by atoms with E-state index in [4.69, 9.17) is 15.3 Å². The molecule has 1 aliphatic rings. The molecule has 0 aliphatic carbocycles. The molecule has 0 aromatic heterocycles. The number of ether oxygens (including phenoxy) is 2. The molecule has 0 saturated carbocycles. The van der Waals surface area contributed by atoms with Crippen molar-refractivity contribution in [3.05, 3.63) is 29.8 Å². The van der Waals surface area contributed by atoms with Gasteiger partial charge in [0.05, 0.1) is 13.2 Å². The van der Waals surface area contributed by atoms with Gasteiger partial charge in [-0.2, -0.15) is 0 Å². The average molecular weight is 278 g/mol. The highest BCUT2D eigenvalue weighted by molar-refractivity contribution is 5.27. The van der Waals surface area contributed by atoms with E-state index >= 15 is 0 Å². The van der Waals surface area contributed by atoms with Gasteiger partial charge in [0.1, 0.15) is 5.75 Å². The van der Waals surface area contributed by atoms with Crippen LogP contribution in [0.4, 0.5) is 0 Å². The molecule has 3 atom stereocenters. The Hall–Kier alpha value is -1.10.